The van der Waals surface area contributed by atoms with Crippen LogP contribution in [-0.4, -0.2) is 21.8 Å². The van der Waals surface area contributed by atoms with Crippen LogP contribution in [0.2, 0.25) is 0 Å². The molecule has 8 heteroatoms. The van der Waals surface area contributed by atoms with Gasteiger partial charge in [0.05, 0.1) is 11.6 Å². The van der Waals surface area contributed by atoms with Crippen molar-refractivity contribution < 1.29 is 19.1 Å². The highest BCUT2D eigenvalue weighted by molar-refractivity contribution is 9.10. The Morgan fingerprint density at radius 2 is 1.79 bits per heavy atom. The van der Waals surface area contributed by atoms with Gasteiger partial charge in [-0.05, 0) is 29.8 Å². The molecule has 0 aliphatic carbocycles. The fourth-order valence-electron chi connectivity index (χ4n) is 3.09. The van der Waals surface area contributed by atoms with Crippen molar-refractivity contribution in [2.45, 2.75) is 6.04 Å². The minimum absolute atomic E-state index is 0.0610. The number of aliphatic hydroxyl groups is 1. The number of ketones is 1. The highest BCUT2D eigenvalue weighted by atomic mass is 79.9. The molecule has 1 aliphatic rings. The smallest absolute Gasteiger partial charge is 0.301 e. The molecule has 1 atom stereocenters. The molecule has 1 unspecified atom stereocenters. The van der Waals surface area contributed by atoms with Crippen LogP contribution in [0.5, 0.6) is 0 Å². The summed E-state index contributed by atoms with van der Waals surface area (Å²) >= 11 is 4.52. The van der Waals surface area contributed by atoms with E-state index in [-0.39, 0.29) is 11.3 Å². The Bertz CT molecular complexity index is 1080. The van der Waals surface area contributed by atoms with Gasteiger partial charge in [0.15, 0.2) is 5.13 Å². The lowest BCUT2D eigenvalue weighted by Crippen LogP contribution is -2.29. The lowest BCUT2D eigenvalue weighted by atomic mass is 9.95. The van der Waals surface area contributed by atoms with Gasteiger partial charge >= 0.3 is 5.91 Å². The fraction of sp³-hybridized carbons (Fsp3) is 0.0500. The lowest BCUT2D eigenvalue weighted by Gasteiger charge is -2.22. The van der Waals surface area contributed by atoms with Gasteiger partial charge in [0.25, 0.3) is 5.78 Å². The van der Waals surface area contributed by atoms with Crippen LogP contribution < -0.4 is 4.90 Å². The monoisotopic (exact) mass is 458 g/mol. The third-order valence-electron chi connectivity index (χ3n) is 4.37. The molecule has 0 bridgehead atoms. The van der Waals surface area contributed by atoms with E-state index < -0.39 is 23.5 Å². The normalized spacial score (nSPS) is 18.6. The van der Waals surface area contributed by atoms with E-state index >= 15 is 0 Å². The molecule has 1 saturated heterocycles. The van der Waals surface area contributed by atoms with Gasteiger partial charge in [0.2, 0.25) is 0 Å². The first-order valence-corrected chi connectivity index (χ1v) is 9.86. The molecule has 140 valence electrons. The second kappa shape index (κ2) is 7.29. The summed E-state index contributed by atoms with van der Waals surface area (Å²) in [4.78, 5) is 31.0. The van der Waals surface area contributed by atoms with Gasteiger partial charge in [-0.25, -0.2) is 9.37 Å². The number of Topliss-reactive ketones (excluding diaryl/α,β-unsaturated/α-hetero) is 1. The van der Waals surface area contributed by atoms with Crippen LogP contribution in [0.3, 0.4) is 0 Å². The number of nitrogens with zero attached hydrogens (tertiary/aromatic N) is 2. The van der Waals surface area contributed by atoms with Gasteiger partial charge in [0.1, 0.15) is 11.6 Å². The first-order chi connectivity index (χ1) is 13.5. The van der Waals surface area contributed by atoms with Crippen molar-refractivity contribution in [3.63, 3.8) is 0 Å². The Labute approximate surface area is 171 Å². The van der Waals surface area contributed by atoms with Crippen LogP contribution in [-0.2, 0) is 9.59 Å². The maximum atomic E-state index is 13.4. The number of hydrogen-bond donors (Lipinski definition) is 1. The molecule has 1 fully saturated rings. The van der Waals surface area contributed by atoms with E-state index in [1.54, 1.807) is 29.6 Å². The van der Waals surface area contributed by atoms with Crippen LogP contribution in [0.15, 0.2) is 70.2 Å². The number of halogens is 2. The first-order valence-electron chi connectivity index (χ1n) is 8.19. The number of amides is 1. The molecular formula is C20H12BrFN2O3S. The van der Waals surface area contributed by atoms with Gasteiger partial charge < -0.3 is 5.11 Å². The van der Waals surface area contributed by atoms with Crippen LogP contribution in [0.4, 0.5) is 9.52 Å². The minimum Gasteiger partial charge on any atom is -0.507 e. The van der Waals surface area contributed by atoms with E-state index in [9.17, 15) is 19.1 Å². The van der Waals surface area contributed by atoms with Gasteiger partial charge in [-0.2, -0.15) is 0 Å². The Hall–Kier alpha value is -2.84. The second-order valence-electron chi connectivity index (χ2n) is 6.04. The number of carbonyl (C=O) groups excluding carboxylic acids is 2. The van der Waals surface area contributed by atoms with Crippen molar-refractivity contribution in [1.82, 2.24) is 4.98 Å². The third kappa shape index (κ3) is 3.14. The number of aliphatic hydroxyl groups excluding tert-OH is 1. The minimum atomic E-state index is -0.907. The summed E-state index contributed by atoms with van der Waals surface area (Å²) in [5.41, 5.74) is 0.830. The Balaban J connectivity index is 1.93. The lowest BCUT2D eigenvalue weighted by molar-refractivity contribution is -0.132. The van der Waals surface area contributed by atoms with Crippen molar-refractivity contribution in [1.29, 1.82) is 0 Å². The van der Waals surface area contributed by atoms with Crippen molar-refractivity contribution in [3.05, 3.63) is 87.1 Å². The summed E-state index contributed by atoms with van der Waals surface area (Å²) in [6, 6.07) is 11.3. The topological polar surface area (TPSA) is 70.5 Å². The van der Waals surface area contributed by atoms with Crippen molar-refractivity contribution in [2.24, 2.45) is 0 Å². The van der Waals surface area contributed by atoms with E-state index in [0.717, 1.165) is 4.47 Å². The summed E-state index contributed by atoms with van der Waals surface area (Å²) in [7, 11) is 0. The average Bonchev–Trinajstić information content (AvgIpc) is 3.30. The Morgan fingerprint density at radius 3 is 2.39 bits per heavy atom. The highest BCUT2D eigenvalue weighted by Gasteiger charge is 2.47. The fourth-order valence-corrected chi connectivity index (χ4v) is 4.02. The van der Waals surface area contributed by atoms with Crippen LogP contribution in [0.25, 0.3) is 5.76 Å². The third-order valence-corrected chi connectivity index (χ3v) is 5.67. The zero-order chi connectivity index (χ0) is 19.8. The van der Waals surface area contributed by atoms with E-state index in [0.29, 0.717) is 16.3 Å². The van der Waals surface area contributed by atoms with Gasteiger partial charge in [-0.15, -0.1) is 11.3 Å². The average molecular weight is 459 g/mol. The zero-order valence-electron chi connectivity index (χ0n) is 14.2. The molecular weight excluding hydrogens is 447 g/mol. The summed E-state index contributed by atoms with van der Waals surface area (Å²) in [5, 5.41) is 12.9. The predicted octanol–water partition coefficient (Wildman–Crippen LogP) is 4.67. The van der Waals surface area contributed by atoms with E-state index in [2.05, 4.69) is 20.9 Å². The molecule has 4 rings (SSSR count). The number of rotatable bonds is 3. The molecule has 0 saturated carbocycles. The summed E-state index contributed by atoms with van der Waals surface area (Å²) in [6.45, 7) is 0. The van der Waals surface area contributed by atoms with Gasteiger partial charge in [0, 0.05) is 21.6 Å². The number of thiazole rings is 1. The van der Waals surface area contributed by atoms with Crippen LogP contribution in [0.1, 0.15) is 17.2 Å². The molecule has 5 nitrogen and oxygen atoms in total. The predicted molar refractivity (Wildman–Crippen MR) is 107 cm³/mol. The largest absolute Gasteiger partial charge is 0.507 e. The number of hydrogen-bond acceptors (Lipinski definition) is 5. The number of aromatic nitrogens is 1. The molecule has 1 aromatic heterocycles. The molecule has 1 amide bonds. The molecule has 3 aromatic rings. The molecule has 2 heterocycles. The number of benzene rings is 2. The number of anilines is 1. The van der Waals surface area contributed by atoms with Gasteiger partial charge in [-0.1, -0.05) is 40.2 Å². The highest BCUT2D eigenvalue weighted by Crippen LogP contribution is 2.42. The Kier molecular flexibility index (Phi) is 4.82. The molecule has 0 spiro atoms. The van der Waals surface area contributed by atoms with Crippen LogP contribution in [0, 0.1) is 5.82 Å². The van der Waals surface area contributed by atoms with Crippen molar-refractivity contribution >= 4 is 49.8 Å². The summed E-state index contributed by atoms with van der Waals surface area (Å²) < 4.78 is 14.2. The van der Waals surface area contributed by atoms with Crippen LogP contribution >= 0.6 is 27.3 Å². The van der Waals surface area contributed by atoms with E-state index in [1.807, 2.05) is 0 Å². The standard InChI is InChI=1S/C20H12BrFN2O3S/c21-13-5-1-12(2-6-13)17(25)15-16(11-3-7-14(22)8-4-11)24(19(27)18(15)26)20-23-9-10-28-20/h1-10,16,25H/b17-15+. The maximum absolute atomic E-state index is 13.4. The van der Waals surface area contributed by atoms with Crippen molar-refractivity contribution in [3.8, 4) is 0 Å². The summed E-state index contributed by atoms with van der Waals surface area (Å²) in [6.07, 6.45) is 1.52. The molecule has 1 aliphatic heterocycles. The zero-order valence-corrected chi connectivity index (χ0v) is 16.6. The van der Waals surface area contributed by atoms with Crippen molar-refractivity contribution in [2.75, 3.05) is 4.90 Å². The number of carbonyl (C=O) groups is 2. The van der Waals surface area contributed by atoms with E-state index in [1.165, 1.54) is 46.7 Å². The quantitative estimate of drug-likeness (QED) is 0.351. The Morgan fingerprint density at radius 1 is 1.11 bits per heavy atom. The maximum Gasteiger partial charge on any atom is 0.301 e. The SMILES string of the molecule is O=C1C(=O)N(c2nccs2)C(c2ccc(F)cc2)/C1=C(\O)c1ccc(Br)cc1. The van der Waals surface area contributed by atoms with E-state index in [4.69, 9.17) is 0 Å². The molecule has 1 N–H and O–H groups in total. The second-order valence-corrected chi connectivity index (χ2v) is 7.83. The molecule has 2 aromatic carbocycles. The first kappa shape index (κ1) is 18.5. The molecule has 28 heavy (non-hydrogen) atoms. The van der Waals surface area contributed by atoms with Gasteiger partial charge in [-0.3, -0.25) is 14.5 Å². The molecule has 0 radical (unpaired) electrons. The summed E-state index contributed by atoms with van der Waals surface area (Å²) in [5.74, 6) is -2.34.